The van der Waals surface area contributed by atoms with E-state index in [1.54, 1.807) is 42.3 Å². The Balaban J connectivity index is 1.98. The van der Waals surface area contributed by atoms with Crippen LogP contribution >= 0.6 is 0 Å². The number of carbonyl (C=O) groups excluding carboxylic acids is 2. The molecule has 0 spiro atoms. The van der Waals surface area contributed by atoms with Crippen LogP contribution in [0.1, 0.15) is 47.4 Å². The number of amides is 1. The highest BCUT2D eigenvalue weighted by molar-refractivity contribution is 5.94. The maximum Gasteiger partial charge on any atom is 0.275 e. The van der Waals surface area contributed by atoms with Gasteiger partial charge < -0.3 is 14.2 Å². The molecule has 6 heteroatoms. The normalized spacial score (nSPS) is 10.7. The summed E-state index contributed by atoms with van der Waals surface area (Å²) in [6.07, 6.45) is 0. The van der Waals surface area contributed by atoms with Crippen LogP contribution < -0.4 is 4.74 Å². The van der Waals surface area contributed by atoms with Crippen LogP contribution in [-0.4, -0.2) is 35.3 Å². The molecule has 0 atom stereocenters. The summed E-state index contributed by atoms with van der Waals surface area (Å²) in [6.45, 7) is 6.37. The lowest BCUT2D eigenvalue weighted by molar-refractivity contribution is 0.0768. The fourth-order valence-electron chi connectivity index (χ4n) is 2.27. The molecular weight excluding hydrogens is 308 g/mol. The van der Waals surface area contributed by atoms with Gasteiger partial charge in [0.1, 0.15) is 12.4 Å². The summed E-state index contributed by atoms with van der Waals surface area (Å²) in [7, 11) is 1.74. The van der Waals surface area contributed by atoms with Crippen LogP contribution in [0.3, 0.4) is 0 Å². The molecule has 1 aromatic heterocycles. The number of aromatic nitrogens is 1. The zero-order valence-corrected chi connectivity index (χ0v) is 14.4. The van der Waals surface area contributed by atoms with E-state index in [-0.39, 0.29) is 24.0 Å². The van der Waals surface area contributed by atoms with E-state index in [4.69, 9.17) is 9.26 Å². The van der Waals surface area contributed by atoms with Gasteiger partial charge in [-0.3, -0.25) is 9.59 Å². The van der Waals surface area contributed by atoms with Gasteiger partial charge >= 0.3 is 0 Å². The molecule has 0 radical (unpaired) electrons. The Morgan fingerprint density at radius 1 is 1.29 bits per heavy atom. The molecule has 0 N–H and O–H groups in total. The van der Waals surface area contributed by atoms with Gasteiger partial charge in [0.2, 0.25) is 0 Å². The van der Waals surface area contributed by atoms with Gasteiger partial charge in [0.05, 0.1) is 0 Å². The number of benzene rings is 1. The van der Waals surface area contributed by atoms with Gasteiger partial charge in [0.25, 0.3) is 5.91 Å². The van der Waals surface area contributed by atoms with Crippen LogP contribution in [0.15, 0.2) is 34.9 Å². The minimum absolute atomic E-state index is 0.0267. The second-order valence-electron chi connectivity index (χ2n) is 6.13. The summed E-state index contributed by atoms with van der Waals surface area (Å²) < 4.78 is 10.7. The third kappa shape index (κ3) is 4.68. The van der Waals surface area contributed by atoms with Gasteiger partial charge in [-0.2, -0.15) is 0 Å². The average molecular weight is 330 g/mol. The lowest BCUT2D eigenvalue weighted by Crippen LogP contribution is -2.30. The van der Waals surface area contributed by atoms with Crippen molar-refractivity contribution in [3.8, 4) is 5.75 Å². The Hall–Kier alpha value is -2.63. The summed E-state index contributed by atoms with van der Waals surface area (Å²) in [4.78, 5) is 25.2. The monoisotopic (exact) mass is 330 g/mol. The van der Waals surface area contributed by atoms with E-state index in [1.807, 2.05) is 13.8 Å². The molecule has 128 valence electrons. The lowest BCUT2D eigenvalue weighted by atomic mass is 10.1. The lowest BCUT2D eigenvalue weighted by Gasteiger charge is -2.17. The predicted octanol–water partition coefficient (Wildman–Crippen LogP) is 3.18. The summed E-state index contributed by atoms with van der Waals surface area (Å²) in [5.74, 6) is 1.18. The van der Waals surface area contributed by atoms with Gasteiger partial charge in [-0.15, -0.1) is 0 Å². The molecule has 0 bridgehead atoms. The smallest absolute Gasteiger partial charge is 0.275 e. The van der Waals surface area contributed by atoms with Crippen LogP contribution in [0.5, 0.6) is 5.75 Å². The molecule has 0 aliphatic carbocycles. The van der Waals surface area contributed by atoms with E-state index in [2.05, 4.69) is 5.16 Å². The molecule has 1 heterocycles. The second kappa shape index (κ2) is 7.77. The molecule has 0 saturated carbocycles. The number of nitrogens with zero attached hydrogens (tertiary/aromatic N) is 2. The van der Waals surface area contributed by atoms with Crippen LogP contribution in [0.25, 0.3) is 0 Å². The molecule has 0 aliphatic rings. The third-order valence-electron chi connectivity index (χ3n) is 3.39. The van der Waals surface area contributed by atoms with E-state index in [9.17, 15) is 9.59 Å². The molecule has 0 fully saturated rings. The molecule has 2 rings (SSSR count). The molecule has 24 heavy (non-hydrogen) atoms. The van der Waals surface area contributed by atoms with Crippen LogP contribution in [0.4, 0.5) is 0 Å². The fourth-order valence-corrected chi connectivity index (χ4v) is 2.27. The quantitative estimate of drug-likeness (QED) is 0.729. The number of carbonyl (C=O) groups is 2. The number of ketones is 1. The van der Waals surface area contributed by atoms with Crippen molar-refractivity contribution in [1.82, 2.24) is 10.1 Å². The van der Waals surface area contributed by atoms with Crippen molar-refractivity contribution in [2.24, 2.45) is 5.92 Å². The SMILES string of the molecule is CC(=O)c1cccc(OCc2cc(C(=O)N(C)CC(C)C)no2)c1. The zero-order valence-electron chi connectivity index (χ0n) is 14.4. The number of rotatable bonds is 7. The summed E-state index contributed by atoms with van der Waals surface area (Å²) in [6, 6.07) is 8.48. The average Bonchev–Trinajstić information content (AvgIpc) is 3.00. The first kappa shape index (κ1) is 17.7. The second-order valence-corrected chi connectivity index (χ2v) is 6.13. The van der Waals surface area contributed by atoms with Gasteiger partial charge in [-0.1, -0.05) is 31.1 Å². The van der Waals surface area contributed by atoms with Crippen molar-refractivity contribution >= 4 is 11.7 Å². The Labute approximate surface area is 141 Å². The Morgan fingerprint density at radius 2 is 2.04 bits per heavy atom. The first-order valence-corrected chi connectivity index (χ1v) is 7.81. The first-order valence-electron chi connectivity index (χ1n) is 7.81. The molecule has 0 saturated heterocycles. The molecule has 0 aliphatic heterocycles. The van der Waals surface area contributed by atoms with Crippen LogP contribution in [-0.2, 0) is 6.61 Å². The Kier molecular flexibility index (Phi) is 5.73. The Bertz CT molecular complexity index is 721. The highest BCUT2D eigenvalue weighted by Crippen LogP contribution is 2.16. The number of hydrogen-bond donors (Lipinski definition) is 0. The maximum absolute atomic E-state index is 12.2. The summed E-state index contributed by atoms with van der Waals surface area (Å²) in [5.41, 5.74) is 0.838. The van der Waals surface area contributed by atoms with Gasteiger partial charge in [-0.05, 0) is 25.0 Å². The van der Waals surface area contributed by atoms with Crippen molar-refractivity contribution in [1.29, 1.82) is 0 Å². The van der Waals surface area contributed by atoms with Gasteiger partial charge in [0, 0.05) is 25.2 Å². The largest absolute Gasteiger partial charge is 0.486 e. The molecule has 1 amide bonds. The van der Waals surface area contributed by atoms with E-state index in [0.29, 0.717) is 29.5 Å². The highest BCUT2D eigenvalue weighted by Gasteiger charge is 2.17. The van der Waals surface area contributed by atoms with Crippen molar-refractivity contribution in [3.05, 3.63) is 47.3 Å². The molecule has 1 aromatic carbocycles. The van der Waals surface area contributed by atoms with E-state index in [0.717, 1.165) is 0 Å². The van der Waals surface area contributed by atoms with Crippen molar-refractivity contribution in [2.45, 2.75) is 27.4 Å². The summed E-state index contributed by atoms with van der Waals surface area (Å²) >= 11 is 0. The van der Waals surface area contributed by atoms with Crippen LogP contribution in [0.2, 0.25) is 0 Å². The first-order chi connectivity index (χ1) is 11.4. The molecule has 6 nitrogen and oxygen atoms in total. The van der Waals surface area contributed by atoms with Crippen molar-refractivity contribution in [3.63, 3.8) is 0 Å². The zero-order chi connectivity index (χ0) is 17.7. The topological polar surface area (TPSA) is 72.6 Å². The minimum atomic E-state index is -0.183. The van der Waals surface area contributed by atoms with Crippen LogP contribution in [0, 0.1) is 5.92 Å². The van der Waals surface area contributed by atoms with Crippen molar-refractivity contribution < 1.29 is 18.8 Å². The Morgan fingerprint density at radius 3 is 2.71 bits per heavy atom. The molecular formula is C18H22N2O4. The predicted molar refractivity (Wildman–Crippen MR) is 89.1 cm³/mol. The van der Waals surface area contributed by atoms with E-state index >= 15 is 0 Å². The minimum Gasteiger partial charge on any atom is -0.486 e. The molecule has 0 unspecified atom stereocenters. The van der Waals surface area contributed by atoms with Crippen molar-refractivity contribution in [2.75, 3.05) is 13.6 Å². The van der Waals surface area contributed by atoms with Gasteiger partial charge in [-0.25, -0.2) is 0 Å². The van der Waals surface area contributed by atoms with E-state index < -0.39 is 0 Å². The van der Waals surface area contributed by atoms with E-state index in [1.165, 1.54) is 6.92 Å². The maximum atomic E-state index is 12.2. The summed E-state index contributed by atoms with van der Waals surface area (Å²) in [5, 5.41) is 3.80. The molecule has 2 aromatic rings. The highest BCUT2D eigenvalue weighted by atomic mass is 16.5. The number of Topliss-reactive ketones (excluding diaryl/α,β-unsaturated/α-hetero) is 1. The fraction of sp³-hybridized carbons (Fsp3) is 0.389. The number of ether oxygens (including phenoxy) is 1. The van der Waals surface area contributed by atoms with Gasteiger partial charge in [0.15, 0.2) is 17.2 Å². The standard InChI is InChI=1S/C18H22N2O4/c1-12(2)10-20(4)18(22)17-9-16(24-19-17)11-23-15-7-5-6-14(8-15)13(3)21/h5-9,12H,10-11H2,1-4H3. The number of hydrogen-bond acceptors (Lipinski definition) is 5. The third-order valence-corrected chi connectivity index (χ3v) is 3.39.